The Morgan fingerprint density at radius 2 is 2.00 bits per heavy atom. The predicted octanol–water partition coefficient (Wildman–Crippen LogP) is 3.38. The molecule has 4 heterocycles. The van der Waals surface area contributed by atoms with Crippen molar-refractivity contribution < 1.29 is 13.9 Å². The van der Waals surface area contributed by atoms with Crippen LogP contribution in [-0.4, -0.2) is 62.0 Å². The number of thiazole rings is 1. The normalized spacial score (nSPS) is 21.7. The molecule has 29 heavy (non-hydrogen) atoms. The van der Waals surface area contributed by atoms with E-state index >= 15 is 0 Å². The molecule has 2 aliphatic heterocycles. The minimum atomic E-state index is 0.486. The molecule has 0 bridgehead atoms. The van der Waals surface area contributed by atoms with Gasteiger partial charge in [0.15, 0.2) is 10.8 Å². The molecular weight excluding hydrogens is 386 g/mol. The highest BCUT2D eigenvalue weighted by Crippen LogP contribution is 2.31. The number of ether oxygens (including phenoxy) is 2. The van der Waals surface area contributed by atoms with Gasteiger partial charge in [-0.2, -0.15) is 0 Å². The van der Waals surface area contributed by atoms with Gasteiger partial charge in [0.25, 0.3) is 0 Å². The molecule has 6 nitrogen and oxygen atoms in total. The van der Waals surface area contributed by atoms with Crippen molar-refractivity contribution in [3.05, 3.63) is 42.2 Å². The average Bonchev–Trinajstić information content (AvgIpc) is 3.52. The standard InChI is InChI=1S/C22H27N3O3S/c1-2-4-21-18(3-1)24-22(29-21)20-6-5-17(28-20)13-23-14-19(16-7-10-27-15-16)25-8-11-26-12-9-25/h1-6,16,19,23H,7-15H2/t16-,19-/m0/s1. The maximum Gasteiger partial charge on any atom is 0.163 e. The van der Waals surface area contributed by atoms with Crippen LogP contribution in [-0.2, 0) is 16.0 Å². The highest BCUT2D eigenvalue weighted by atomic mass is 32.1. The maximum atomic E-state index is 6.08. The molecule has 0 aliphatic carbocycles. The van der Waals surface area contributed by atoms with Crippen molar-refractivity contribution in [2.24, 2.45) is 5.92 Å². The summed E-state index contributed by atoms with van der Waals surface area (Å²) < 4.78 is 18.5. The third-order valence-corrected chi connectivity index (χ3v) is 6.89. The zero-order chi connectivity index (χ0) is 19.5. The lowest BCUT2D eigenvalue weighted by Gasteiger charge is -2.37. The minimum Gasteiger partial charge on any atom is -0.457 e. The molecule has 0 saturated carbocycles. The molecule has 2 aliphatic rings. The largest absolute Gasteiger partial charge is 0.457 e. The Bertz CT molecular complexity index is 895. The van der Waals surface area contributed by atoms with E-state index in [1.165, 1.54) is 4.70 Å². The summed E-state index contributed by atoms with van der Waals surface area (Å²) in [5, 5.41) is 4.56. The predicted molar refractivity (Wildman–Crippen MR) is 114 cm³/mol. The summed E-state index contributed by atoms with van der Waals surface area (Å²) in [5.41, 5.74) is 1.02. The lowest BCUT2D eigenvalue weighted by molar-refractivity contribution is 0.00129. The van der Waals surface area contributed by atoms with E-state index in [2.05, 4.69) is 22.3 Å². The van der Waals surface area contributed by atoms with Crippen molar-refractivity contribution in [2.75, 3.05) is 46.1 Å². The van der Waals surface area contributed by atoms with Crippen LogP contribution in [0, 0.1) is 5.92 Å². The number of aromatic nitrogens is 1. The lowest BCUT2D eigenvalue weighted by Crippen LogP contribution is -2.51. The zero-order valence-corrected chi connectivity index (χ0v) is 17.3. The number of rotatable bonds is 7. The summed E-state index contributed by atoms with van der Waals surface area (Å²) in [6.45, 7) is 7.07. The first-order valence-electron chi connectivity index (χ1n) is 10.4. The van der Waals surface area contributed by atoms with Gasteiger partial charge in [0.1, 0.15) is 5.76 Å². The van der Waals surface area contributed by atoms with Crippen LogP contribution in [0.15, 0.2) is 40.8 Å². The van der Waals surface area contributed by atoms with Gasteiger partial charge in [0.2, 0.25) is 0 Å². The molecule has 3 aromatic rings. The molecule has 2 saturated heterocycles. The van der Waals surface area contributed by atoms with Gasteiger partial charge in [-0.25, -0.2) is 4.98 Å². The molecule has 0 radical (unpaired) electrons. The van der Waals surface area contributed by atoms with Crippen molar-refractivity contribution in [1.82, 2.24) is 15.2 Å². The van der Waals surface area contributed by atoms with Crippen LogP contribution in [0.1, 0.15) is 12.2 Å². The van der Waals surface area contributed by atoms with Gasteiger partial charge in [-0.1, -0.05) is 12.1 Å². The Balaban J connectivity index is 1.21. The fourth-order valence-corrected chi connectivity index (χ4v) is 5.20. The van der Waals surface area contributed by atoms with Gasteiger partial charge in [-0.15, -0.1) is 11.3 Å². The van der Waals surface area contributed by atoms with E-state index in [0.29, 0.717) is 12.0 Å². The van der Waals surface area contributed by atoms with Crippen LogP contribution in [0.2, 0.25) is 0 Å². The van der Waals surface area contributed by atoms with Crippen molar-refractivity contribution in [3.63, 3.8) is 0 Å². The second kappa shape index (κ2) is 8.93. The number of benzene rings is 1. The monoisotopic (exact) mass is 413 g/mol. The van der Waals surface area contributed by atoms with Crippen molar-refractivity contribution in [1.29, 1.82) is 0 Å². The number of furan rings is 1. The molecule has 5 rings (SSSR count). The molecule has 0 spiro atoms. The number of nitrogens with one attached hydrogen (secondary N) is 1. The quantitative estimate of drug-likeness (QED) is 0.641. The van der Waals surface area contributed by atoms with Crippen molar-refractivity contribution >= 4 is 21.6 Å². The molecule has 154 valence electrons. The van der Waals surface area contributed by atoms with Gasteiger partial charge in [0.05, 0.1) is 36.6 Å². The van der Waals surface area contributed by atoms with E-state index in [9.17, 15) is 0 Å². The Kier molecular flexibility index (Phi) is 5.92. The molecule has 1 N–H and O–H groups in total. The van der Waals surface area contributed by atoms with Crippen LogP contribution in [0.25, 0.3) is 21.0 Å². The number of para-hydroxylation sites is 1. The molecule has 2 aromatic heterocycles. The summed E-state index contributed by atoms with van der Waals surface area (Å²) in [6.07, 6.45) is 1.15. The average molecular weight is 414 g/mol. The van der Waals surface area contributed by atoms with E-state index in [1.54, 1.807) is 11.3 Å². The van der Waals surface area contributed by atoms with Crippen LogP contribution in [0.3, 0.4) is 0 Å². The number of nitrogens with zero attached hydrogens (tertiary/aromatic N) is 2. The number of fused-ring (bicyclic) bond motifs is 1. The molecule has 2 atom stereocenters. The molecule has 0 unspecified atom stereocenters. The summed E-state index contributed by atoms with van der Waals surface area (Å²) in [5.74, 6) is 2.38. The van der Waals surface area contributed by atoms with Gasteiger partial charge in [-0.3, -0.25) is 4.90 Å². The Morgan fingerprint density at radius 3 is 2.83 bits per heavy atom. The number of hydrogen-bond donors (Lipinski definition) is 1. The third kappa shape index (κ3) is 4.39. The summed E-state index contributed by atoms with van der Waals surface area (Å²) in [4.78, 5) is 7.25. The first kappa shape index (κ1) is 19.2. The van der Waals surface area contributed by atoms with E-state index in [4.69, 9.17) is 18.9 Å². The summed E-state index contributed by atoms with van der Waals surface area (Å²) in [7, 11) is 0. The smallest absolute Gasteiger partial charge is 0.163 e. The first-order valence-corrected chi connectivity index (χ1v) is 11.2. The van der Waals surface area contributed by atoms with Crippen molar-refractivity contribution in [2.45, 2.75) is 19.0 Å². The lowest BCUT2D eigenvalue weighted by atomic mass is 9.97. The second-order valence-electron chi connectivity index (χ2n) is 7.72. The maximum absolute atomic E-state index is 6.08. The highest BCUT2D eigenvalue weighted by molar-refractivity contribution is 7.21. The summed E-state index contributed by atoms with van der Waals surface area (Å²) in [6, 6.07) is 12.8. The van der Waals surface area contributed by atoms with Crippen LogP contribution in [0.5, 0.6) is 0 Å². The van der Waals surface area contributed by atoms with Crippen molar-refractivity contribution in [3.8, 4) is 10.8 Å². The number of hydrogen-bond acceptors (Lipinski definition) is 7. The Hall–Kier alpha value is -1.77. The molecule has 0 amide bonds. The molecule has 1 aromatic carbocycles. The van der Waals surface area contributed by atoms with Gasteiger partial charge < -0.3 is 19.2 Å². The fourth-order valence-electron chi connectivity index (χ4n) is 4.27. The van der Waals surface area contributed by atoms with Gasteiger partial charge >= 0.3 is 0 Å². The molecule has 7 heteroatoms. The third-order valence-electron chi connectivity index (χ3n) is 5.84. The SMILES string of the molecule is c1ccc2sc(-c3ccc(CNC[C@@H]([C@H]4CCOC4)N4CCOCC4)o3)nc2c1. The minimum absolute atomic E-state index is 0.486. The van der Waals surface area contributed by atoms with Gasteiger partial charge in [0, 0.05) is 38.2 Å². The number of morpholine rings is 1. The molecular formula is C22H27N3O3S. The fraction of sp³-hybridized carbons (Fsp3) is 0.500. The first-order chi connectivity index (χ1) is 14.4. The molecule has 2 fully saturated rings. The van der Waals surface area contributed by atoms with Gasteiger partial charge in [-0.05, 0) is 30.7 Å². The van der Waals surface area contributed by atoms with Crippen LogP contribution < -0.4 is 5.32 Å². The van der Waals surface area contributed by atoms with E-state index in [0.717, 1.165) is 81.1 Å². The zero-order valence-electron chi connectivity index (χ0n) is 16.5. The van der Waals surface area contributed by atoms with E-state index in [-0.39, 0.29) is 0 Å². The summed E-state index contributed by atoms with van der Waals surface area (Å²) >= 11 is 1.67. The van der Waals surface area contributed by atoms with Crippen LogP contribution >= 0.6 is 11.3 Å². The highest BCUT2D eigenvalue weighted by Gasteiger charge is 2.31. The Labute approximate surface area is 174 Å². The van der Waals surface area contributed by atoms with Crippen LogP contribution in [0.4, 0.5) is 0 Å². The Morgan fingerprint density at radius 1 is 1.10 bits per heavy atom. The van der Waals surface area contributed by atoms with E-state index in [1.807, 2.05) is 24.3 Å². The second-order valence-corrected chi connectivity index (χ2v) is 8.75. The van der Waals surface area contributed by atoms with E-state index < -0.39 is 0 Å². The topological polar surface area (TPSA) is 59.8 Å².